The van der Waals surface area contributed by atoms with Crippen LogP contribution in [0.2, 0.25) is 0 Å². The Morgan fingerprint density at radius 2 is 1.72 bits per heavy atom. The first kappa shape index (κ1) is 22.9. The minimum absolute atomic E-state index is 0.168. The lowest BCUT2D eigenvalue weighted by Gasteiger charge is -2.33. The minimum Gasteiger partial charge on any atom is -0.309 e. The highest BCUT2D eigenvalue weighted by Crippen LogP contribution is 2.30. The Balaban J connectivity index is 1.44. The normalized spacial score (nSPS) is 16.7. The van der Waals surface area contributed by atoms with Crippen LogP contribution in [0.4, 0.5) is 13.2 Å². The van der Waals surface area contributed by atoms with Gasteiger partial charge in [0.05, 0.1) is 22.4 Å². The summed E-state index contributed by atoms with van der Waals surface area (Å²) in [6.07, 6.45) is -4.52. The molecule has 3 heterocycles. The van der Waals surface area contributed by atoms with Gasteiger partial charge in [0, 0.05) is 31.1 Å². The zero-order valence-electron chi connectivity index (χ0n) is 17.4. The number of nitrogens with one attached hydrogen (secondary N) is 1. The lowest BCUT2D eigenvalue weighted by Crippen LogP contribution is -2.48. The van der Waals surface area contributed by atoms with Crippen molar-refractivity contribution >= 4 is 31.6 Å². The Morgan fingerprint density at radius 1 is 1.09 bits per heavy atom. The van der Waals surface area contributed by atoms with Crippen molar-refractivity contribution in [2.45, 2.75) is 31.5 Å². The molecule has 0 radical (unpaired) electrons. The Labute approximate surface area is 186 Å². The van der Waals surface area contributed by atoms with Crippen LogP contribution in [0.15, 0.2) is 34.0 Å². The SMILES string of the molecule is Cc1sc2nc(CN3CCN(S(=O)(=O)c4ccc(C(F)(F)F)cc4)CC3)[nH]c(=O)c2c1C. The third kappa shape index (κ3) is 4.32. The average molecular weight is 487 g/mol. The number of thiophene rings is 1. The Bertz CT molecular complexity index is 1310. The summed E-state index contributed by atoms with van der Waals surface area (Å²) < 4.78 is 65.1. The molecule has 3 aromatic rings. The van der Waals surface area contributed by atoms with Gasteiger partial charge in [0.15, 0.2) is 0 Å². The number of piperazine rings is 1. The number of sulfonamides is 1. The molecule has 1 aliphatic heterocycles. The number of aromatic amines is 1. The second kappa shape index (κ2) is 8.25. The van der Waals surface area contributed by atoms with Gasteiger partial charge >= 0.3 is 6.18 Å². The minimum atomic E-state index is -4.52. The predicted octanol–water partition coefficient (Wildman–Crippen LogP) is 3.13. The van der Waals surface area contributed by atoms with Crippen molar-refractivity contribution < 1.29 is 21.6 Å². The van der Waals surface area contributed by atoms with Crippen molar-refractivity contribution in [3.05, 3.63) is 56.4 Å². The fraction of sp³-hybridized carbons (Fsp3) is 0.400. The molecule has 0 bridgehead atoms. The molecular formula is C20H21F3N4O3S2. The van der Waals surface area contributed by atoms with Gasteiger partial charge < -0.3 is 4.98 Å². The summed E-state index contributed by atoms with van der Waals surface area (Å²) >= 11 is 1.47. The topological polar surface area (TPSA) is 86.4 Å². The van der Waals surface area contributed by atoms with Crippen LogP contribution in [-0.4, -0.2) is 53.8 Å². The van der Waals surface area contributed by atoms with Crippen LogP contribution in [0, 0.1) is 13.8 Å². The number of hydrogen-bond acceptors (Lipinski definition) is 6. The van der Waals surface area contributed by atoms with E-state index in [1.807, 2.05) is 18.7 Å². The first-order valence-electron chi connectivity index (χ1n) is 9.85. The molecule has 0 spiro atoms. The van der Waals surface area contributed by atoms with E-state index < -0.39 is 21.8 Å². The zero-order valence-corrected chi connectivity index (χ0v) is 19.0. The number of alkyl halides is 3. The third-order valence-electron chi connectivity index (χ3n) is 5.61. The number of fused-ring (bicyclic) bond motifs is 1. The van der Waals surface area contributed by atoms with Gasteiger partial charge in [-0.05, 0) is 43.7 Å². The van der Waals surface area contributed by atoms with Gasteiger partial charge in [-0.25, -0.2) is 13.4 Å². The van der Waals surface area contributed by atoms with Gasteiger partial charge in [0.25, 0.3) is 5.56 Å². The van der Waals surface area contributed by atoms with Crippen LogP contribution in [0.1, 0.15) is 21.8 Å². The van der Waals surface area contributed by atoms with Crippen molar-refractivity contribution in [3.8, 4) is 0 Å². The summed E-state index contributed by atoms with van der Waals surface area (Å²) in [6, 6.07) is 3.52. The van der Waals surface area contributed by atoms with Crippen molar-refractivity contribution in [1.29, 1.82) is 0 Å². The number of H-pyrrole nitrogens is 1. The van der Waals surface area contributed by atoms with Gasteiger partial charge in [-0.1, -0.05) is 0 Å². The quantitative estimate of drug-likeness (QED) is 0.613. The fourth-order valence-electron chi connectivity index (χ4n) is 3.68. The molecule has 0 saturated carbocycles. The molecule has 172 valence electrons. The number of benzene rings is 1. The molecule has 1 N–H and O–H groups in total. The summed E-state index contributed by atoms with van der Waals surface area (Å²) in [5.74, 6) is 0.516. The highest BCUT2D eigenvalue weighted by molar-refractivity contribution is 7.89. The van der Waals surface area contributed by atoms with Crippen molar-refractivity contribution in [3.63, 3.8) is 0 Å². The number of nitrogens with zero attached hydrogens (tertiary/aromatic N) is 3. The molecule has 0 aliphatic carbocycles. The molecule has 32 heavy (non-hydrogen) atoms. The molecule has 1 aliphatic rings. The number of aromatic nitrogens is 2. The van der Waals surface area contributed by atoms with E-state index in [-0.39, 0.29) is 23.5 Å². The highest BCUT2D eigenvalue weighted by atomic mass is 32.2. The molecular weight excluding hydrogens is 465 g/mol. The first-order valence-corrected chi connectivity index (χ1v) is 12.1. The second-order valence-corrected chi connectivity index (χ2v) is 10.8. The van der Waals surface area contributed by atoms with E-state index in [0.717, 1.165) is 34.7 Å². The second-order valence-electron chi connectivity index (χ2n) is 7.68. The lowest BCUT2D eigenvalue weighted by atomic mass is 10.2. The number of halogens is 3. The Morgan fingerprint density at radius 3 is 2.31 bits per heavy atom. The van der Waals surface area contributed by atoms with E-state index in [2.05, 4.69) is 9.97 Å². The zero-order chi connectivity index (χ0) is 23.3. The monoisotopic (exact) mass is 486 g/mol. The number of aryl methyl sites for hydroxylation is 2. The smallest absolute Gasteiger partial charge is 0.309 e. The summed E-state index contributed by atoms with van der Waals surface area (Å²) in [7, 11) is -3.89. The van der Waals surface area contributed by atoms with Gasteiger partial charge in [-0.3, -0.25) is 9.69 Å². The van der Waals surface area contributed by atoms with Gasteiger partial charge in [0.1, 0.15) is 10.7 Å². The lowest BCUT2D eigenvalue weighted by molar-refractivity contribution is -0.137. The molecule has 12 heteroatoms. The van der Waals surface area contributed by atoms with Crippen LogP contribution in [0.25, 0.3) is 10.2 Å². The summed E-state index contributed by atoms with van der Waals surface area (Å²) in [6.45, 7) is 5.39. The molecule has 1 aromatic carbocycles. The van der Waals surface area contributed by atoms with Gasteiger partial charge in [0.2, 0.25) is 10.0 Å². The van der Waals surface area contributed by atoms with E-state index >= 15 is 0 Å². The standard InChI is InChI=1S/C20H21F3N4O3S2/c1-12-13(2)31-19-17(12)18(28)24-16(25-19)11-26-7-9-27(10-8-26)32(29,30)15-5-3-14(4-6-15)20(21,22)23/h3-6H,7-11H2,1-2H3,(H,24,25,28). The molecule has 0 atom stereocenters. The first-order chi connectivity index (χ1) is 15.0. The maximum Gasteiger partial charge on any atom is 0.416 e. The third-order valence-corrected chi connectivity index (χ3v) is 8.63. The maximum absolute atomic E-state index is 12.8. The Hall–Kier alpha value is -2.28. The van der Waals surface area contributed by atoms with Crippen LogP contribution in [0.5, 0.6) is 0 Å². The van der Waals surface area contributed by atoms with Crippen molar-refractivity contribution in [2.75, 3.05) is 26.2 Å². The van der Waals surface area contributed by atoms with Crippen LogP contribution >= 0.6 is 11.3 Å². The number of rotatable bonds is 4. The van der Waals surface area contributed by atoms with Gasteiger partial charge in [-0.2, -0.15) is 17.5 Å². The molecule has 1 fully saturated rings. The fourth-order valence-corrected chi connectivity index (χ4v) is 6.15. The summed E-state index contributed by atoms with van der Waals surface area (Å²) in [4.78, 5) is 23.3. The van der Waals surface area contributed by atoms with Crippen LogP contribution < -0.4 is 5.56 Å². The van der Waals surface area contributed by atoms with Gasteiger partial charge in [-0.15, -0.1) is 11.3 Å². The maximum atomic E-state index is 12.8. The van der Waals surface area contributed by atoms with E-state index in [0.29, 0.717) is 35.7 Å². The molecule has 0 amide bonds. The Kier molecular flexibility index (Phi) is 5.90. The van der Waals surface area contributed by atoms with Crippen LogP contribution in [-0.2, 0) is 22.7 Å². The van der Waals surface area contributed by atoms with E-state index in [1.54, 1.807) is 0 Å². The summed E-state index contributed by atoms with van der Waals surface area (Å²) in [5.41, 5.74) is -0.154. The molecule has 2 aromatic heterocycles. The van der Waals surface area contributed by atoms with Crippen molar-refractivity contribution in [2.24, 2.45) is 0 Å². The van der Waals surface area contributed by atoms with E-state index in [4.69, 9.17) is 0 Å². The van der Waals surface area contributed by atoms with E-state index in [9.17, 15) is 26.4 Å². The van der Waals surface area contributed by atoms with E-state index in [1.165, 1.54) is 15.6 Å². The van der Waals surface area contributed by atoms with Crippen LogP contribution in [0.3, 0.4) is 0 Å². The largest absolute Gasteiger partial charge is 0.416 e. The molecule has 1 saturated heterocycles. The molecule has 7 nitrogen and oxygen atoms in total. The molecule has 0 unspecified atom stereocenters. The molecule has 4 rings (SSSR count). The van der Waals surface area contributed by atoms with Crippen molar-refractivity contribution in [1.82, 2.24) is 19.2 Å². The predicted molar refractivity (Wildman–Crippen MR) is 115 cm³/mol. The highest BCUT2D eigenvalue weighted by Gasteiger charge is 2.32. The summed E-state index contributed by atoms with van der Waals surface area (Å²) in [5, 5.41) is 0.601. The number of hydrogen-bond donors (Lipinski definition) is 1. The average Bonchev–Trinajstić information content (AvgIpc) is 3.02.